The van der Waals surface area contributed by atoms with Gasteiger partial charge in [0.2, 0.25) is 0 Å². The first-order valence-corrected chi connectivity index (χ1v) is 36.3. The van der Waals surface area contributed by atoms with Gasteiger partial charge in [0, 0.05) is 50.6 Å². The fourth-order valence-electron chi connectivity index (χ4n) is 17.2. The molecule has 2 aliphatic heterocycles. The molecule has 0 unspecified atom stereocenters. The molecule has 0 radical (unpaired) electrons. The largest absolute Gasteiger partial charge is 0.311 e. The van der Waals surface area contributed by atoms with Crippen molar-refractivity contribution < 1.29 is 0 Å². The quantitative estimate of drug-likeness (QED) is 0.147. The summed E-state index contributed by atoms with van der Waals surface area (Å²) in [5.41, 5.74) is 34.6. The lowest BCUT2D eigenvalue weighted by Gasteiger charge is -2.44. The highest BCUT2D eigenvalue weighted by Gasteiger charge is 2.45. The third-order valence-corrected chi connectivity index (χ3v) is 23.6. The predicted molar refractivity (Wildman–Crippen MR) is 423 cm³/mol. The van der Waals surface area contributed by atoms with Gasteiger partial charge in [-0.25, -0.2) is 0 Å². The van der Waals surface area contributed by atoms with Gasteiger partial charge >= 0.3 is 0 Å². The highest BCUT2D eigenvalue weighted by atomic mass is 15.2. The SMILES string of the molecule is CC(C)(C)c1ccc(-c2ccc3c(c2)N(c2ccc(-c4ccc5c(c4)C(C)(C)CCC5(C)C)cc2)c2cc(-c4ccccc4)cc4c2B3c2ccc(-n3c5ccc(C(C)(C)C)cc5c5cc(C(C)(C)C)ccc53)cc2N4c2ccc(-c3ccc4c(c3)C(C)(C)CCC4(C)C)cc2)cc1. The third kappa shape index (κ3) is 10.5. The Bertz CT molecular complexity index is 5110. The molecule has 0 saturated carbocycles. The van der Waals surface area contributed by atoms with Crippen LogP contribution in [-0.2, 0) is 37.9 Å². The van der Waals surface area contributed by atoms with Gasteiger partial charge in [0.05, 0.1) is 11.0 Å². The van der Waals surface area contributed by atoms with Gasteiger partial charge < -0.3 is 14.4 Å². The number of rotatable bonds is 7. The summed E-state index contributed by atoms with van der Waals surface area (Å²) in [4.78, 5) is 5.24. The first-order chi connectivity index (χ1) is 46.4. The second-order valence-corrected chi connectivity index (χ2v) is 35.2. The second-order valence-electron chi connectivity index (χ2n) is 35.2. The minimum atomic E-state index is -0.111. The van der Waals surface area contributed by atoms with Gasteiger partial charge in [0.15, 0.2) is 0 Å². The summed E-state index contributed by atoms with van der Waals surface area (Å²) in [7, 11) is 0. The Labute approximate surface area is 584 Å². The standard InChI is InChI=1S/C94H96BN3/c1-88(2,3)67-32-23-60(24-33-67)65-31-43-79-83(53-65)96(70-36-25-61(26-37-70)63-29-41-75-77(51-63)93(14,15)49-47-91(75,10)11)85-54-66(59-21-19-18-20-22-59)55-86-87(85)95(79)80-44-40-72(98-81-45-34-68(89(4,5)6)56-73(81)74-57-69(90(7,8)9)35-46-82(74)98)58-84(80)97(86)71-38-27-62(28-39-71)64-30-42-76-78(52-64)94(16,17)50-48-92(76,12)13/h18-46,51-58H,47-50H2,1-17H3. The first kappa shape index (κ1) is 63.6. The van der Waals surface area contributed by atoms with Crippen molar-refractivity contribution in [1.29, 1.82) is 0 Å². The van der Waals surface area contributed by atoms with E-state index >= 15 is 0 Å². The number of benzene rings is 11. The lowest BCUT2D eigenvalue weighted by atomic mass is 9.33. The normalized spacial score (nSPS) is 16.5. The van der Waals surface area contributed by atoms with E-state index in [9.17, 15) is 0 Å². The molecular formula is C94H96BN3. The van der Waals surface area contributed by atoms with Crippen molar-refractivity contribution in [2.45, 2.75) is 181 Å². The van der Waals surface area contributed by atoms with Gasteiger partial charge in [0.25, 0.3) is 6.71 Å². The van der Waals surface area contributed by atoms with Crippen molar-refractivity contribution in [3.8, 4) is 50.2 Å². The van der Waals surface area contributed by atoms with Crippen LogP contribution in [0.5, 0.6) is 0 Å². The molecule has 12 aromatic rings. The van der Waals surface area contributed by atoms with Crippen molar-refractivity contribution in [3.05, 3.63) is 263 Å². The highest BCUT2D eigenvalue weighted by molar-refractivity contribution is 7.00. The van der Waals surface area contributed by atoms with E-state index in [4.69, 9.17) is 0 Å². The molecule has 16 rings (SSSR count). The minimum absolute atomic E-state index is 0.0193. The average molecular weight is 1280 g/mol. The smallest absolute Gasteiger partial charge is 0.252 e. The Morgan fingerprint density at radius 2 is 0.633 bits per heavy atom. The van der Waals surface area contributed by atoms with Crippen LogP contribution in [0.2, 0.25) is 0 Å². The second kappa shape index (κ2) is 22.2. The molecular weight excluding hydrogens is 1180 g/mol. The van der Waals surface area contributed by atoms with Gasteiger partial charge in [-0.15, -0.1) is 0 Å². The van der Waals surface area contributed by atoms with E-state index < -0.39 is 0 Å². The zero-order valence-electron chi connectivity index (χ0n) is 61.1. The summed E-state index contributed by atoms with van der Waals surface area (Å²) in [5, 5.41) is 2.57. The van der Waals surface area contributed by atoms with Crippen LogP contribution < -0.4 is 26.2 Å². The highest BCUT2D eigenvalue weighted by Crippen LogP contribution is 2.52. The Morgan fingerprint density at radius 3 is 1.08 bits per heavy atom. The fraction of sp³-hybridized carbons (Fsp3) is 0.298. The van der Waals surface area contributed by atoms with Crippen molar-refractivity contribution in [2.24, 2.45) is 0 Å². The van der Waals surface area contributed by atoms with E-state index in [0.717, 1.165) is 17.1 Å². The summed E-state index contributed by atoms with van der Waals surface area (Å²) >= 11 is 0. The lowest BCUT2D eigenvalue weighted by molar-refractivity contribution is 0.332. The maximum absolute atomic E-state index is 2.63. The van der Waals surface area contributed by atoms with E-state index in [-0.39, 0.29) is 44.6 Å². The number of fused-ring (bicyclic) bond motifs is 9. The molecule has 0 N–H and O–H groups in total. The van der Waals surface area contributed by atoms with Gasteiger partial charge in [-0.05, 0) is 242 Å². The Kier molecular flexibility index (Phi) is 14.4. The van der Waals surface area contributed by atoms with Crippen LogP contribution in [0.3, 0.4) is 0 Å². The van der Waals surface area contributed by atoms with Gasteiger partial charge in [-0.3, -0.25) is 0 Å². The predicted octanol–water partition coefficient (Wildman–Crippen LogP) is 24.1. The molecule has 1 aromatic heterocycles. The molecule has 0 fully saturated rings. The molecule has 2 aliphatic carbocycles. The molecule has 0 saturated heterocycles. The Hall–Kier alpha value is -9.12. The molecule has 4 heteroatoms. The summed E-state index contributed by atoms with van der Waals surface area (Å²) in [6.45, 7) is 40.3. The van der Waals surface area contributed by atoms with Crippen LogP contribution in [0.1, 0.15) is 182 Å². The molecule has 0 spiro atoms. The Balaban J connectivity index is 0.947. The van der Waals surface area contributed by atoms with Gasteiger partial charge in [-0.2, -0.15) is 0 Å². The zero-order chi connectivity index (χ0) is 68.5. The van der Waals surface area contributed by atoms with E-state index in [0.29, 0.717) is 0 Å². The zero-order valence-corrected chi connectivity index (χ0v) is 61.1. The van der Waals surface area contributed by atoms with Crippen molar-refractivity contribution in [2.75, 3.05) is 9.80 Å². The fourth-order valence-corrected chi connectivity index (χ4v) is 17.2. The number of nitrogens with zero attached hydrogens (tertiary/aromatic N) is 3. The molecule has 11 aromatic carbocycles. The number of hydrogen-bond acceptors (Lipinski definition) is 2. The first-order valence-electron chi connectivity index (χ1n) is 36.3. The Morgan fingerprint density at radius 1 is 0.286 bits per heavy atom. The maximum atomic E-state index is 2.63. The van der Waals surface area contributed by atoms with Crippen molar-refractivity contribution in [1.82, 2.24) is 4.57 Å². The van der Waals surface area contributed by atoms with Crippen molar-refractivity contribution in [3.63, 3.8) is 0 Å². The molecule has 4 aliphatic rings. The van der Waals surface area contributed by atoms with Crippen LogP contribution in [0.15, 0.2) is 224 Å². The van der Waals surface area contributed by atoms with Crippen LogP contribution in [0, 0.1) is 0 Å². The summed E-state index contributed by atoms with van der Waals surface area (Å²) < 4.78 is 2.55. The van der Waals surface area contributed by atoms with E-state index in [1.54, 1.807) is 0 Å². The summed E-state index contributed by atoms with van der Waals surface area (Å²) in [6.07, 6.45) is 4.75. The molecule has 490 valence electrons. The van der Waals surface area contributed by atoms with Crippen LogP contribution in [0.4, 0.5) is 34.1 Å². The van der Waals surface area contributed by atoms with E-state index in [1.165, 1.54) is 170 Å². The lowest BCUT2D eigenvalue weighted by Crippen LogP contribution is -2.61. The van der Waals surface area contributed by atoms with E-state index in [1.807, 2.05) is 0 Å². The van der Waals surface area contributed by atoms with E-state index in [2.05, 4.69) is 357 Å². The number of hydrogen-bond donors (Lipinski definition) is 0. The number of aromatic nitrogens is 1. The molecule has 3 nitrogen and oxygen atoms in total. The average Bonchev–Trinajstić information content (AvgIpc) is 0.858. The third-order valence-electron chi connectivity index (χ3n) is 23.6. The summed E-state index contributed by atoms with van der Waals surface area (Å²) in [5.74, 6) is 0. The van der Waals surface area contributed by atoms with Gasteiger partial charge in [0.1, 0.15) is 0 Å². The molecule has 3 heterocycles. The summed E-state index contributed by atoms with van der Waals surface area (Å²) in [6, 6.07) is 88.5. The molecule has 0 atom stereocenters. The van der Waals surface area contributed by atoms with Crippen molar-refractivity contribution >= 4 is 79.0 Å². The molecule has 0 bridgehead atoms. The molecule has 0 amide bonds. The van der Waals surface area contributed by atoms with Crippen LogP contribution in [0.25, 0.3) is 72.0 Å². The molecule has 98 heavy (non-hydrogen) atoms. The number of anilines is 6. The maximum Gasteiger partial charge on any atom is 0.252 e. The monoisotopic (exact) mass is 1280 g/mol. The topological polar surface area (TPSA) is 11.4 Å². The van der Waals surface area contributed by atoms with Crippen LogP contribution >= 0.6 is 0 Å². The van der Waals surface area contributed by atoms with Crippen LogP contribution in [-0.4, -0.2) is 11.3 Å². The van der Waals surface area contributed by atoms with Gasteiger partial charge in [-0.1, -0.05) is 263 Å². The minimum Gasteiger partial charge on any atom is -0.311 e.